The van der Waals surface area contributed by atoms with Crippen molar-refractivity contribution >= 4 is 0 Å². The molecule has 0 aliphatic heterocycles. The van der Waals surface area contributed by atoms with Crippen LogP contribution in [0.25, 0.3) is 0 Å². The van der Waals surface area contributed by atoms with Crippen molar-refractivity contribution in [1.29, 1.82) is 0 Å². The molecule has 1 aromatic carbocycles. The summed E-state index contributed by atoms with van der Waals surface area (Å²) in [4.78, 5) is 4.20. The third-order valence-electron chi connectivity index (χ3n) is 2.99. The molecule has 4 nitrogen and oxygen atoms in total. The lowest BCUT2D eigenvalue weighted by molar-refractivity contribution is 0.659. The van der Waals surface area contributed by atoms with Crippen molar-refractivity contribution in [1.82, 2.24) is 20.1 Å². The summed E-state index contributed by atoms with van der Waals surface area (Å²) < 4.78 is 1.74. The van der Waals surface area contributed by atoms with Crippen LogP contribution in [0.1, 0.15) is 22.5 Å². The minimum atomic E-state index is 0.867. The number of aromatic nitrogens is 3. The van der Waals surface area contributed by atoms with Gasteiger partial charge in [-0.3, -0.25) is 4.68 Å². The van der Waals surface area contributed by atoms with Gasteiger partial charge in [-0.05, 0) is 25.0 Å². The fraction of sp³-hybridized carbons (Fsp3) is 0.429. The van der Waals surface area contributed by atoms with Crippen molar-refractivity contribution in [3.63, 3.8) is 0 Å². The van der Waals surface area contributed by atoms with Crippen LogP contribution in [0.5, 0.6) is 0 Å². The van der Waals surface area contributed by atoms with E-state index in [4.69, 9.17) is 0 Å². The second-order valence-corrected chi connectivity index (χ2v) is 4.69. The van der Waals surface area contributed by atoms with E-state index in [9.17, 15) is 0 Å². The van der Waals surface area contributed by atoms with Crippen LogP contribution in [0, 0.1) is 13.8 Å². The van der Waals surface area contributed by atoms with Crippen LogP contribution < -0.4 is 5.32 Å². The summed E-state index contributed by atoms with van der Waals surface area (Å²) in [6, 6.07) is 6.57. The van der Waals surface area contributed by atoms with E-state index in [1.165, 1.54) is 16.7 Å². The number of nitrogens with zero attached hydrogens (tertiary/aromatic N) is 3. The number of rotatable bonds is 5. The van der Waals surface area contributed by atoms with Crippen molar-refractivity contribution in [2.24, 2.45) is 7.05 Å². The summed E-state index contributed by atoms with van der Waals surface area (Å²) in [5, 5.41) is 7.68. The summed E-state index contributed by atoms with van der Waals surface area (Å²) in [6.07, 6.45) is 2.60. The van der Waals surface area contributed by atoms with Crippen LogP contribution in [0.4, 0.5) is 0 Å². The van der Waals surface area contributed by atoms with E-state index < -0.39 is 0 Å². The van der Waals surface area contributed by atoms with Gasteiger partial charge in [0, 0.05) is 26.6 Å². The Labute approximate surface area is 108 Å². The molecular weight excluding hydrogens is 224 g/mol. The molecule has 18 heavy (non-hydrogen) atoms. The number of hydrogen-bond donors (Lipinski definition) is 1. The second-order valence-electron chi connectivity index (χ2n) is 4.69. The molecule has 0 saturated heterocycles. The molecule has 0 aliphatic rings. The Kier molecular flexibility index (Phi) is 4.10. The van der Waals surface area contributed by atoms with E-state index in [0.29, 0.717) is 0 Å². The van der Waals surface area contributed by atoms with Gasteiger partial charge >= 0.3 is 0 Å². The number of aryl methyl sites for hydroxylation is 3. The monoisotopic (exact) mass is 244 g/mol. The molecule has 96 valence electrons. The lowest BCUT2D eigenvalue weighted by Crippen LogP contribution is -2.18. The van der Waals surface area contributed by atoms with Crippen LogP contribution in [0.2, 0.25) is 0 Å². The van der Waals surface area contributed by atoms with Gasteiger partial charge in [0.05, 0.1) is 0 Å². The lowest BCUT2D eigenvalue weighted by atomic mass is 10.1. The first-order chi connectivity index (χ1) is 8.65. The maximum absolute atomic E-state index is 4.25. The van der Waals surface area contributed by atoms with Crippen molar-refractivity contribution in [3.05, 3.63) is 47.0 Å². The van der Waals surface area contributed by atoms with E-state index >= 15 is 0 Å². The highest BCUT2D eigenvalue weighted by atomic mass is 15.3. The molecule has 0 unspecified atom stereocenters. The molecule has 0 fully saturated rings. The van der Waals surface area contributed by atoms with Crippen molar-refractivity contribution < 1.29 is 0 Å². The highest BCUT2D eigenvalue weighted by Crippen LogP contribution is 2.09. The third-order valence-corrected chi connectivity index (χ3v) is 2.99. The average molecular weight is 244 g/mol. The van der Waals surface area contributed by atoms with Crippen molar-refractivity contribution in [2.75, 3.05) is 6.54 Å². The van der Waals surface area contributed by atoms with E-state index in [1.807, 2.05) is 7.05 Å². The molecule has 1 heterocycles. The number of benzene rings is 1. The Hall–Kier alpha value is -1.68. The Morgan fingerprint density at radius 1 is 1.28 bits per heavy atom. The molecule has 1 N–H and O–H groups in total. The first-order valence-corrected chi connectivity index (χ1v) is 6.26. The van der Waals surface area contributed by atoms with E-state index in [0.717, 1.165) is 25.3 Å². The molecule has 0 spiro atoms. The maximum Gasteiger partial charge on any atom is 0.151 e. The molecule has 0 amide bonds. The highest BCUT2D eigenvalue weighted by Gasteiger charge is 2.00. The zero-order valence-corrected chi connectivity index (χ0v) is 11.3. The summed E-state index contributed by atoms with van der Waals surface area (Å²) in [7, 11) is 1.89. The minimum Gasteiger partial charge on any atom is -0.312 e. The van der Waals surface area contributed by atoms with E-state index in [2.05, 4.69) is 47.4 Å². The minimum absolute atomic E-state index is 0.867. The molecule has 0 aliphatic carbocycles. The molecular formula is C14H20N4. The van der Waals surface area contributed by atoms with Gasteiger partial charge in [0.15, 0.2) is 5.82 Å². The molecule has 0 bridgehead atoms. The Morgan fingerprint density at radius 2 is 2.11 bits per heavy atom. The summed E-state index contributed by atoms with van der Waals surface area (Å²) in [5.74, 6) is 0.894. The number of nitrogens with one attached hydrogen (secondary N) is 1. The molecule has 2 aromatic rings. The maximum atomic E-state index is 4.25. The predicted octanol–water partition coefficient (Wildman–Crippen LogP) is 1.76. The summed E-state index contributed by atoms with van der Waals surface area (Å²) in [6.45, 7) is 6.08. The normalized spacial score (nSPS) is 10.8. The average Bonchev–Trinajstić information content (AvgIpc) is 2.73. The van der Waals surface area contributed by atoms with Gasteiger partial charge in [-0.15, -0.1) is 0 Å². The van der Waals surface area contributed by atoms with Gasteiger partial charge in [0.1, 0.15) is 6.33 Å². The van der Waals surface area contributed by atoms with Crippen LogP contribution in [-0.4, -0.2) is 21.3 Å². The molecule has 4 heteroatoms. The zero-order chi connectivity index (χ0) is 13.0. The van der Waals surface area contributed by atoms with Crippen LogP contribution in [0.15, 0.2) is 24.5 Å². The Morgan fingerprint density at radius 3 is 2.78 bits per heavy atom. The van der Waals surface area contributed by atoms with Crippen molar-refractivity contribution in [3.8, 4) is 0 Å². The number of hydrogen-bond acceptors (Lipinski definition) is 3. The smallest absolute Gasteiger partial charge is 0.151 e. The fourth-order valence-corrected chi connectivity index (χ4v) is 1.97. The molecule has 0 saturated carbocycles. The van der Waals surface area contributed by atoms with Crippen molar-refractivity contribution in [2.45, 2.75) is 26.8 Å². The molecule has 0 radical (unpaired) electrons. The topological polar surface area (TPSA) is 42.7 Å². The van der Waals surface area contributed by atoms with Crippen LogP contribution >= 0.6 is 0 Å². The van der Waals surface area contributed by atoms with Gasteiger partial charge in [-0.1, -0.05) is 23.8 Å². The molecule has 0 atom stereocenters. The second kappa shape index (κ2) is 5.78. The summed E-state index contributed by atoms with van der Waals surface area (Å²) >= 11 is 0. The van der Waals surface area contributed by atoms with Crippen LogP contribution in [-0.2, 0) is 20.0 Å². The first kappa shape index (κ1) is 12.8. The SMILES string of the molecule is Cc1ccc(CNCCc2ncn(C)n2)c(C)c1. The third kappa shape index (κ3) is 3.40. The molecule has 1 aromatic heterocycles. The predicted molar refractivity (Wildman–Crippen MR) is 72.3 cm³/mol. The van der Waals surface area contributed by atoms with E-state index in [1.54, 1.807) is 11.0 Å². The quantitative estimate of drug-likeness (QED) is 0.815. The highest BCUT2D eigenvalue weighted by molar-refractivity contribution is 5.30. The largest absolute Gasteiger partial charge is 0.312 e. The Balaban J connectivity index is 1.78. The van der Waals surface area contributed by atoms with Gasteiger partial charge in [0.2, 0.25) is 0 Å². The fourth-order valence-electron chi connectivity index (χ4n) is 1.97. The summed E-state index contributed by atoms with van der Waals surface area (Å²) in [5.41, 5.74) is 4.02. The Bertz CT molecular complexity index is 516. The van der Waals surface area contributed by atoms with Gasteiger partial charge in [0.25, 0.3) is 0 Å². The lowest BCUT2D eigenvalue weighted by Gasteiger charge is -2.07. The van der Waals surface area contributed by atoms with Gasteiger partial charge in [-0.2, -0.15) is 5.10 Å². The van der Waals surface area contributed by atoms with Gasteiger partial charge in [-0.25, -0.2) is 4.98 Å². The van der Waals surface area contributed by atoms with E-state index in [-0.39, 0.29) is 0 Å². The van der Waals surface area contributed by atoms with Crippen LogP contribution in [0.3, 0.4) is 0 Å². The first-order valence-electron chi connectivity index (χ1n) is 6.26. The standard InChI is InChI=1S/C14H20N4/c1-11-4-5-13(12(2)8-11)9-15-7-6-14-16-10-18(3)17-14/h4-5,8,10,15H,6-7,9H2,1-3H3. The molecule has 2 rings (SSSR count). The van der Waals surface area contributed by atoms with Gasteiger partial charge < -0.3 is 5.32 Å². The zero-order valence-electron chi connectivity index (χ0n) is 11.3.